The third-order valence-corrected chi connectivity index (χ3v) is 4.78. The Morgan fingerprint density at radius 3 is 0.311 bits per heavy atom. The highest BCUT2D eigenvalue weighted by atomic mass is 31.1. The van der Waals surface area contributed by atoms with Crippen LogP contribution in [0.25, 0.3) is 0 Å². The van der Waals surface area contributed by atoms with Crippen molar-refractivity contribution in [2.45, 2.75) is 250 Å². The predicted molar refractivity (Wildman–Crippen MR) is 200 cm³/mol. The van der Waals surface area contributed by atoms with Gasteiger partial charge in [0.2, 0.25) is 0 Å². The molecule has 0 heterocycles. The van der Waals surface area contributed by atoms with Crippen LogP contribution in [-0.4, -0.2) is 0 Å². The van der Waals surface area contributed by atoms with E-state index in [4.69, 9.17) is 14.7 Å². The molecule has 0 aromatic rings. The zero-order valence-corrected chi connectivity index (χ0v) is 32.7. The van der Waals surface area contributed by atoms with Crippen LogP contribution in [0, 0.1) is 0 Å². The highest BCUT2D eigenvalue weighted by Gasteiger charge is 1.98. The van der Waals surface area contributed by atoms with Crippen LogP contribution in [0.15, 0.2) is 0 Å². The van der Waals surface area contributed by atoms with Crippen LogP contribution in [0.3, 0.4) is 0 Å². The lowest BCUT2D eigenvalue weighted by Gasteiger charge is -1.84. The Morgan fingerprint density at radius 2 is 0.311 bits per heavy atom. The monoisotopic (exact) mass is 676 g/mol. The van der Waals surface area contributed by atoms with Crippen LogP contribution in [0.4, 0.5) is 0 Å². The molecule has 0 radical (unpaired) electrons. The molecule has 13 rings (SSSR count). The standard InChI is InChI=1S/13C3H6.HO4P.H3P/c13*1-2-3-1;1-4-5(2)3;/h13*1-3H2;1H;1H3/p-1. The van der Waals surface area contributed by atoms with E-state index in [-0.39, 0.29) is 9.90 Å². The first-order valence-corrected chi connectivity index (χ1v) is 21.3. The molecule has 0 bridgehead atoms. The molecule has 4 nitrogen and oxygen atoms in total. The highest BCUT2D eigenvalue weighted by Crippen LogP contribution is 2.18. The van der Waals surface area contributed by atoms with Crippen molar-refractivity contribution in [3.63, 3.8) is 0 Å². The molecule has 45 heavy (non-hydrogen) atoms. The van der Waals surface area contributed by atoms with Gasteiger partial charge in [0.15, 0.2) is 0 Å². The van der Waals surface area contributed by atoms with Gasteiger partial charge < -0.3 is 10.2 Å². The first-order valence-electron chi connectivity index (χ1n) is 20.2. The van der Waals surface area contributed by atoms with Crippen molar-refractivity contribution in [3.05, 3.63) is 0 Å². The van der Waals surface area contributed by atoms with Crippen molar-refractivity contribution >= 4 is 18.2 Å². The van der Waals surface area contributed by atoms with Crippen LogP contribution < -0.4 is 10.2 Å². The van der Waals surface area contributed by atoms with Crippen molar-refractivity contribution in [1.29, 1.82) is 0 Å². The van der Waals surface area contributed by atoms with Gasteiger partial charge in [-0.25, -0.2) is 4.67 Å². The maximum atomic E-state index is 8.87. The van der Waals surface area contributed by atoms with Gasteiger partial charge in [0.05, 0.1) is 0 Å². The number of hydrogen-bond donors (Lipinski definition) is 0. The van der Waals surface area contributed by atoms with E-state index in [1.165, 1.54) is 250 Å². The molecule has 2 unspecified atom stereocenters. The Morgan fingerprint density at radius 1 is 0.267 bits per heavy atom. The van der Waals surface area contributed by atoms with Crippen LogP contribution in [0.1, 0.15) is 250 Å². The van der Waals surface area contributed by atoms with Crippen LogP contribution in [-0.2, 0) is 9.24 Å². The quantitative estimate of drug-likeness (QED) is 0.157. The molecular weight excluding hydrogens is 594 g/mol. The Bertz CT molecular complexity index is 329. The molecule has 2 atom stereocenters. The third-order valence-electron chi connectivity index (χ3n) is 4.66. The molecular formula is C39H81O4P2-. The molecule has 0 spiro atoms. The average molecular weight is 676 g/mol. The number of rotatable bonds is 1. The average Bonchev–Trinajstić information content (AvgIpc) is 3.95. The maximum Gasteiger partial charge on any atom is 0.479 e. The SMILES string of the molecule is C1CC1.C1CC1.C1CC1.C1CC1.C1CC1.C1CC1.C1CC1.C1CC1.C1CC1.C1CC1.C1CC1.C1CC1.C1CC1.O=[P+]([O-])O[O-].P. The summed E-state index contributed by atoms with van der Waals surface area (Å²) in [7, 11) is -3.15. The van der Waals surface area contributed by atoms with E-state index in [1.54, 1.807) is 0 Å². The van der Waals surface area contributed by atoms with Gasteiger partial charge in [-0.05, 0) is 4.57 Å². The van der Waals surface area contributed by atoms with Crippen LogP contribution >= 0.6 is 18.2 Å². The molecule has 0 saturated heterocycles. The minimum Gasteiger partial charge on any atom is -0.674 e. The van der Waals surface area contributed by atoms with Gasteiger partial charge in [-0.1, -0.05) is 250 Å². The van der Waals surface area contributed by atoms with Crippen molar-refractivity contribution < 1.29 is 19.4 Å². The van der Waals surface area contributed by atoms with Gasteiger partial charge >= 0.3 is 8.25 Å². The van der Waals surface area contributed by atoms with Crippen LogP contribution in [0.2, 0.25) is 0 Å². The van der Waals surface area contributed by atoms with Crippen molar-refractivity contribution in [2.24, 2.45) is 0 Å². The smallest absolute Gasteiger partial charge is 0.479 e. The molecule has 0 aliphatic heterocycles. The van der Waals surface area contributed by atoms with Crippen LogP contribution in [0.5, 0.6) is 0 Å². The largest absolute Gasteiger partial charge is 0.674 e. The molecule has 13 aliphatic carbocycles. The van der Waals surface area contributed by atoms with E-state index in [1.807, 2.05) is 0 Å². The first-order chi connectivity index (χ1) is 21.8. The lowest BCUT2D eigenvalue weighted by Crippen LogP contribution is -2.01. The molecule has 0 aromatic carbocycles. The van der Waals surface area contributed by atoms with Gasteiger partial charge in [0, 0.05) is 0 Å². The molecule has 13 aliphatic rings. The fourth-order valence-corrected chi connectivity index (χ4v) is 0. The third kappa shape index (κ3) is 336. The first kappa shape index (κ1) is 47.5. The van der Waals surface area contributed by atoms with Crippen molar-refractivity contribution in [2.75, 3.05) is 0 Å². The fraction of sp³-hybridized carbons (Fsp3) is 1.00. The topological polar surface area (TPSA) is 72.4 Å². The minimum absolute atomic E-state index is 0. The molecule has 0 N–H and O–H groups in total. The highest BCUT2D eigenvalue weighted by molar-refractivity contribution is 7.30. The summed E-state index contributed by atoms with van der Waals surface area (Å²) in [5.74, 6) is 0. The fourth-order valence-electron chi connectivity index (χ4n) is 0. The number of hydrogen-bond acceptors (Lipinski definition) is 4. The maximum absolute atomic E-state index is 8.87. The lowest BCUT2D eigenvalue weighted by molar-refractivity contribution is -0.644. The van der Waals surface area contributed by atoms with Gasteiger partial charge in [-0.2, -0.15) is 9.90 Å². The van der Waals surface area contributed by atoms with E-state index in [9.17, 15) is 0 Å². The Hall–Kier alpha value is 0.410. The van der Waals surface area contributed by atoms with Crippen molar-refractivity contribution in [1.82, 2.24) is 0 Å². The second-order valence-corrected chi connectivity index (χ2v) is 14.7. The lowest BCUT2D eigenvalue weighted by atomic mass is 11.0. The van der Waals surface area contributed by atoms with E-state index in [0.717, 1.165) is 0 Å². The minimum atomic E-state index is -3.15. The van der Waals surface area contributed by atoms with E-state index in [0.29, 0.717) is 0 Å². The summed E-state index contributed by atoms with van der Waals surface area (Å²) in [6, 6.07) is 0. The zero-order valence-electron chi connectivity index (χ0n) is 30.4. The molecule has 6 heteroatoms. The van der Waals surface area contributed by atoms with Crippen molar-refractivity contribution in [3.8, 4) is 0 Å². The molecule has 13 saturated carbocycles. The molecule has 0 aromatic heterocycles. The summed E-state index contributed by atoms with van der Waals surface area (Å²) in [5, 5.41) is 8.53. The van der Waals surface area contributed by atoms with Gasteiger partial charge in [0.1, 0.15) is 0 Å². The normalized spacial score (nSPS) is 22.0. The molecule has 0 amide bonds. The van der Waals surface area contributed by atoms with E-state index >= 15 is 0 Å². The van der Waals surface area contributed by atoms with Gasteiger partial charge in [-0.3, -0.25) is 0 Å². The Balaban J connectivity index is 0. The summed E-state index contributed by atoms with van der Waals surface area (Å²) in [6.45, 7) is 0. The summed E-state index contributed by atoms with van der Waals surface area (Å²) >= 11 is 0. The second kappa shape index (κ2) is 44.4. The van der Waals surface area contributed by atoms with Gasteiger partial charge in [0.25, 0.3) is 0 Å². The summed E-state index contributed by atoms with van der Waals surface area (Å²) in [4.78, 5) is 8.87. The van der Waals surface area contributed by atoms with E-state index < -0.39 is 8.25 Å². The zero-order chi connectivity index (χ0) is 31.9. The second-order valence-electron chi connectivity index (χ2n) is 14.1. The summed E-state index contributed by atoms with van der Waals surface area (Å²) < 4.78 is 11.3. The Labute approximate surface area is 287 Å². The summed E-state index contributed by atoms with van der Waals surface area (Å²) in [6.07, 6.45) is 58.5. The molecule has 272 valence electrons. The van der Waals surface area contributed by atoms with Gasteiger partial charge in [-0.15, -0.1) is 0 Å². The Kier molecular flexibility index (Phi) is 46.9. The predicted octanol–water partition coefficient (Wildman–Crippen LogP) is 13.6. The molecule has 13 fully saturated rings. The van der Waals surface area contributed by atoms with E-state index in [2.05, 4.69) is 4.67 Å². The summed E-state index contributed by atoms with van der Waals surface area (Å²) in [5.41, 5.74) is 0.